The highest BCUT2D eigenvalue weighted by molar-refractivity contribution is 4.89. The number of alkyl halides is 1. The van der Waals surface area contributed by atoms with Crippen LogP contribution in [-0.2, 0) is 17.9 Å². The molecule has 0 radical (unpaired) electrons. The maximum absolute atomic E-state index is 11.8. The van der Waals surface area contributed by atoms with Gasteiger partial charge in [-0.3, -0.25) is 0 Å². The van der Waals surface area contributed by atoms with Crippen molar-refractivity contribution in [3.63, 3.8) is 0 Å². The number of aromatic nitrogens is 3. The minimum Gasteiger partial charge on any atom is -0.375 e. The number of nitrogens with zero attached hydrogens (tertiary/aromatic N) is 3. The molecule has 1 aromatic rings. The zero-order valence-corrected chi connectivity index (χ0v) is 7.03. The highest BCUT2D eigenvalue weighted by atomic mass is 19.1. The monoisotopic (exact) mass is 173 g/mol. The molecular formula is C7H12FN3O. The van der Waals surface area contributed by atoms with Crippen LogP contribution < -0.4 is 0 Å². The van der Waals surface area contributed by atoms with Gasteiger partial charge in [-0.25, -0.2) is 9.07 Å². The van der Waals surface area contributed by atoms with Crippen LogP contribution in [0.1, 0.15) is 12.6 Å². The Bertz CT molecular complexity index is 226. The van der Waals surface area contributed by atoms with E-state index in [2.05, 4.69) is 10.3 Å². The van der Waals surface area contributed by atoms with Gasteiger partial charge in [-0.15, -0.1) is 5.10 Å². The third-order valence-electron chi connectivity index (χ3n) is 1.35. The first-order chi connectivity index (χ1) is 5.86. The van der Waals surface area contributed by atoms with Crippen molar-refractivity contribution in [3.8, 4) is 0 Å². The molecule has 0 bridgehead atoms. The van der Waals surface area contributed by atoms with E-state index in [1.165, 1.54) is 4.68 Å². The number of rotatable bonds is 5. The Kier molecular flexibility index (Phi) is 3.66. The fourth-order valence-corrected chi connectivity index (χ4v) is 0.807. The van der Waals surface area contributed by atoms with Gasteiger partial charge in [0, 0.05) is 6.61 Å². The van der Waals surface area contributed by atoms with Crippen molar-refractivity contribution in [2.75, 3.05) is 13.3 Å². The average Bonchev–Trinajstić information content (AvgIpc) is 2.50. The number of aryl methyl sites for hydroxylation is 1. The Morgan fingerprint density at radius 1 is 1.67 bits per heavy atom. The Labute approximate surface area is 70.3 Å². The van der Waals surface area contributed by atoms with E-state index in [0.717, 1.165) is 5.69 Å². The standard InChI is InChI=1S/C7H12FN3O/c1-2-12-6-7-5-11(4-3-8)10-9-7/h5H,2-4,6H2,1H3. The highest BCUT2D eigenvalue weighted by Gasteiger charge is 1.98. The van der Waals surface area contributed by atoms with Crippen LogP contribution in [0.4, 0.5) is 4.39 Å². The third kappa shape index (κ3) is 2.58. The van der Waals surface area contributed by atoms with E-state index >= 15 is 0 Å². The zero-order chi connectivity index (χ0) is 8.81. The Morgan fingerprint density at radius 3 is 3.17 bits per heavy atom. The maximum atomic E-state index is 11.8. The normalized spacial score (nSPS) is 10.5. The van der Waals surface area contributed by atoms with Gasteiger partial charge < -0.3 is 4.74 Å². The number of ether oxygens (including phenoxy) is 1. The van der Waals surface area contributed by atoms with Gasteiger partial charge in [0.25, 0.3) is 0 Å². The summed E-state index contributed by atoms with van der Waals surface area (Å²) >= 11 is 0. The molecule has 0 aliphatic rings. The molecule has 0 N–H and O–H groups in total. The molecule has 68 valence electrons. The van der Waals surface area contributed by atoms with E-state index in [0.29, 0.717) is 13.2 Å². The zero-order valence-electron chi connectivity index (χ0n) is 7.03. The summed E-state index contributed by atoms with van der Waals surface area (Å²) in [5.41, 5.74) is 0.741. The van der Waals surface area contributed by atoms with Crippen LogP contribution in [0.2, 0.25) is 0 Å². The second kappa shape index (κ2) is 4.82. The minimum absolute atomic E-state index is 0.263. The predicted octanol–water partition coefficient (Wildman–Crippen LogP) is 0.784. The topological polar surface area (TPSA) is 39.9 Å². The summed E-state index contributed by atoms with van der Waals surface area (Å²) in [4.78, 5) is 0. The number of halogens is 1. The van der Waals surface area contributed by atoms with Gasteiger partial charge in [0.1, 0.15) is 12.4 Å². The quantitative estimate of drug-likeness (QED) is 0.660. The summed E-state index contributed by atoms with van der Waals surface area (Å²) in [5.74, 6) is 0. The van der Waals surface area contributed by atoms with Gasteiger partial charge in [0.05, 0.1) is 19.3 Å². The first-order valence-electron chi connectivity index (χ1n) is 3.89. The molecule has 12 heavy (non-hydrogen) atoms. The average molecular weight is 173 g/mol. The van der Waals surface area contributed by atoms with Gasteiger partial charge in [0.2, 0.25) is 0 Å². The Morgan fingerprint density at radius 2 is 2.50 bits per heavy atom. The highest BCUT2D eigenvalue weighted by Crippen LogP contribution is 1.95. The lowest BCUT2D eigenvalue weighted by atomic mass is 10.5. The lowest BCUT2D eigenvalue weighted by Gasteiger charge is -1.94. The Balaban J connectivity index is 2.41. The molecule has 5 heteroatoms. The van der Waals surface area contributed by atoms with Crippen molar-refractivity contribution >= 4 is 0 Å². The third-order valence-corrected chi connectivity index (χ3v) is 1.35. The molecule has 0 aromatic carbocycles. The van der Waals surface area contributed by atoms with E-state index in [1.807, 2.05) is 6.92 Å². The molecule has 0 unspecified atom stereocenters. The van der Waals surface area contributed by atoms with Crippen molar-refractivity contribution in [1.82, 2.24) is 15.0 Å². The van der Waals surface area contributed by atoms with Crippen LogP contribution in [0.5, 0.6) is 0 Å². The maximum Gasteiger partial charge on any atom is 0.109 e. The molecule has 0 amide bonds. The van der Waals surface area contributed by atoms with Gasteiger partial charge in [-0.05, 0) is 6.92 Å². The summed E-state index contributed by atoms with van der Waals surface area (Å²) < 4.78 is 18.4. The van der Waals surface area contributed by atoms with Crippen molar-refractivity contribution in [2.45, 2.75) is 20.1 Å². The van der Waals surface area contributed by atoms with Gasteiger partial charge in [-0.2, -0.15) is 0 Å². The molecule has 0 aliphatic heterocycles. The van der Waals surface area contributed by atoms with Gasteiger partial charge in [0.15, 0.2) is 0 Å². The fourth-order valence-electron chi connectivity index (χ4n) is 0.807. The molecule has 1 heterocycles. The van der Waals surface area contributed by atoms with Crippen molar-refractivity contribution < 1.29 is 9.13 Å². The van der Waals surface area contributed by atoms with Crippen molar-refractivity contribution in [1.29, 1.82) is 0 Å². The molecule has 0 fully saturated rings. The largest absolute Gasteiger partial charge is 0.375 e. The molecule has 0 saturated heterocycles. The first-order valence-corrected chi connectivity index (χ1v) is 3.89. The SMILES string of the molecule is CCOCc1cn(CCF)nn1. The number of hydrogen-bond acceptors (Lipinski definition) is 3. The minimum atomic E-state index is -0.419. The molecule has 0 aliphatic carbocycles. The van der Waals surface area contributed by atoms with Crippen LogP contribution in [-0.4, -0.2) is 28.3 Å². The smallest absolute Gasteiger partial charge is 0.109 e. The fraction of sp³-hybridized carbons (Fsp3) is 0.714. The Hall–Kier alpha value is -0.970. The first kappa shape index (κ1) is 9.12. The molecule has 0 saturated carbocycles. The lowest BCUT2D eigenvalue weighted by Crippen LogP contribution is -1.99. The summed E-state index contributed by atoms with van der Waals surface area (Å²) in [6.45, 7) is 2.85. The van der Waals surface area contributed by atoms with E-state index in [1.54, 1.807) is 6.20 Å². The van der Waals surface area contributed by atoms with Gasteiger partial charge >= 0.3 is 0 Å². The summed E-state index contributed by atoms with van der Waals surface area (Å²) in [6.07, 6.45) is 1.69. The second-order valence-corrected chi connectivity index (χ2v) is 2.30. The summed E-state index contributed by atoms with van der Waals surface area (Å²) in [7, 11) is 0. The van der Waals surface area contributed by atoms with Crippen molar-refractivity contribution in [2.24, 2.45) is 0 Å². The van der Waals surface area contributed by atoms with Crippen LogP contribution >= 0.6 is 0 Å². The van der Waals surface area contributed by atoms with E-state index in [4.69, 9.17) is 4.74 Å². The molecule has 0 spiro atoms. The van der Waals surface area contributed by atoms with Crippen LogP contribution in [0.3, 0.4) is 0 Å². The molecule has 0 atom stereocenters. The van der Waals surface area contributed by atoms with Crippen LogP contribution in [0.25, 0.3) is 0 Å². The van der Waals surface area contributed by atoms with E-state index in [9.17, 15) is 4.39 Å². The number of hydrogen-bond donors (Lipinski definition) is 0. The lowest BCUT2D eigenvalue weighted by molar-refractivity contribution is 0.131. The molecule has 1 rings (SSSR count). The summed E-state index contributed by atoms with van der Waals surface area (Å²) in [5, 5.41) is 7.50. The molecule has 4 nitrogen and oxygen atoms in total. The summed E-state index contributed by atoms with van der Waals surface area (Å²) in [6, 6.07) is 0. The van der Waals surface area contributed by atoms with E-state index < -0.39 is 6.67 Å². The van der Waals surface area contributed by atoms with Crippen LogP contribution in [0.15, 0.2) is 6.20 Å². The van der Waals surface area contributed by atoms with E-state index in [-0.39, 0.29) is 6.54 Å². The van der Waals surface area contributed by atoms with Crippen LogP contribution in [0, 0.1) is 0 Å². The second-order valence-electron chi connectivity index (χ2n) is 2.30. The predicted molar refractivity (Wildman–Crippen MR) is 41.3 cm³/mol. The molecule has 1 aromatic heterocycles. The molecular weight excluding hydrogens is 161 g/mol. The van der Waals surface area contributed by atoms with Crippen molar-refractivity contribution in [3.05, 3.63) is 11.9 Å². The van der Waals surface area contributed by atoms with Gasteiger partial charge in [-0.1, -0.05) is 5.21 Å².